The quantitative estimate of drug-likeness (QED) is 0.214. The zero-order valence-electron chi connectivity index (χ0n) is 15.7. The van der Waals surface area contributed by atoms with E-state index in [1.54, 1.807) is 18.4 Å². The standard InChI is InChI=1S/C16H22N6O4S2/c1-12-20-13(11-27-12)10-21(3)16(17-2)18-7-8-19-28(25,26)15-6-4-5-14(9-15)22(23)24/h4-6,9,11,19H,7-8,10H2,1-3H3,(H,17,18). The van der Waals surface area contributed by atoms with Crippen LogP contribution in [0.5, 0.6) is 0 Å². The second kappa shape index (κ2) is 9.57. The Bertz CT molecular complexity index is 958. The van der Waals surface area contributed by atoms with Gasteiger partial charge in [0.05, 0.1) is 27.1 Å². The molecule has 0 saturated heterocycles. The SMILES string of the molecule is CN=C(NCCNS(=O)(=O)c1cccc([N+](=O)[O-])c1)N(C)Cc1csc(C)n1. The zero-order chi connectivity index (χ0) is 20.7. The maximum absolute atomic E-state index is 12.3. The van der Waals surface area contributed by atoms with Crippen LogP contribution in [0, 0.1) is 17.0 Å². The summed E-state index contributed by atoms with van der Waals surface area (Å²) in [4.78, 5) is 20.5. The summed E-state index contributed by atoms with van der Waals surface area (Å²) in [7, 11) is -0.348. The summed E-state index contributed by atoms with van der Waals surface area (Å²) >= 11 is 1.57. The predicted molar refractivity (Wildman–Crippen MR) is 108 cm³/mol. The van der Waals surface area contributed by atoms with Crippen molar-refractivity contribution in [1.29, 1.82) is 0 Å². The van der Waals surface area contributed by atoms with Gasteiger partial charge >= 0.3 is 0 Å². The summed E-state index contributed by atoms with van der Waals surface area (Å²) in [5, 5.41) is 16.8. The molecule has 0 bridgehead atoms. The number of thiazole rings is 1. The van der Waals surface area contributed by atoms with E-state index in [4.69, 9.17) is 0 Å². The highest BCUT2D eigenvalue weighted by atomic mass is 32.2. The molecule has 10 nitrogen and oxygen atoms in total. The number of nitro groups is 1. The van der Waals surface area contributed by atoms with Crippen LogP contribution in [0.3, 0.4) is 0 Å². The van der Waals surface area contributed by atoms with Crippen LogP contribution in [0.25, 0.3) is 0 Å². The fourth-order valence-electron chi connectivity index (χ4n) is 2.39. The van der Waals surface area contributed by atoms with Crippen LogP contribution in [0.2, 0.25) is 0 Å². The molecule has 0 aliphatic rings. The number of guanidine groups is 1. The normalized spacial score (nSPS) is 12.0. The van der Waals surface area contributed by atoms with Crippen LogP contribution < -0.4 is 10.0 Å². The number of nitro benzene ring substituents is 1. The Morgan fingerprint density at radius 1 is 1.39 bits per heavy atom. The molecule has 0 radical (unpaired) electrons. The molecule has 1 aromatic carbocycles. The second-order valence-corrected chi connectivity index (χ2v) is 8.67. The smallest absolute Gasteiger partial charge is 0.270 e. The van der Waals surface area contributed by atoms with E-state index in [2.05, 4.69) is 20.0 Å². The number of nitrogens with zero attached hydrogens (tertiary/aromatic N) is 4. The van der Waals surface area contributed by atoms with Crippen molar-refractivity contribution < 1.29 is 13.3 Å². The number of aromatic nitrogens is 1. The van der Waals surface area contributed by atoms with Crippen molar-refractivity contribution in [1.82, 2.24) is 19.9 Å². The fourth-order valence-corrected chi connectivity index (χ4v) is 4.07. The van der Waals surface area contributed by atoms with Gasteiger partial charge in [-0.05, 0) is 13.0 Å². The molecule has 12 heteroatoms. The molecule has 0 aliphatic carbocycles. The molecule has 0 atom stereocenters. The Labute approximate surface area is 167 Å². The van der Waals surface area contributed by atoms with Gasteiger partial charge < -0.3 is 10.2 Å². The van der Waals surface area contributed by atoms with Crippen molar-refractivity contribution in [2.24, 2.45) is 4.99 Å². The zero-order valence-corrected chi connectivity index (χ0v) is 17.4. The molecule has 152 valence electrons. The van der Waals surface area contributed by atoms with E-state index in [0.717, 1.165) is 16.8 Å². The lowest BCUT2D eigenvalue weighted by atomic mass is 10.3. The molecule has 0 amide bonds. The molecule has 28 heavy (non-hydrogen) atoms. The predicted octanol–water partition coefficient (Wildman–Crippen LogP) is 1.35. The summed E-state index contributed by atoms with van der Waals surface area (Å²) in [5.41, 5.74) is 0.652. The number of aryl methyl sites for hydroxylation is 1. The van der Waals surface area contributed by atoms with Crippen LogP contribution in [-0.4, -0.2) is 56.4 Å². The average molecular weight is 427 g/mol. The number of non-ortho nitro benzene ring substituents is 1. The summed E-state index contributed by atoms with van der Waals surface area (Å²) in [6, 6.07) is 4.91. The van der Waals surface area contributed by atoms with E-state index in [9.17, 15) is 18.5 Å². The van der Waals surface area contributed by atoms with Crippen LogP contribution in [-0.2, 0) is 16.6 Å². The molecular formula is C16H22N6O4S2. The summed E-state index contributed by atoms with van der Waals surface area (Å²) in [6.07, 6.45) is 0. The minimum Gasteiger partial charge on any atom is -0.355 e. The monoisotopic (exact) mass is 426 g/mol. The first-order chi connectivity index (χ1) is 13.2. The van der Waals surface area contributed by atoms with Gasteiger partial charge in [-0.2, -0.15) is 0 Å². The van der Waals surface area contributed by atoms with Crippen LogP contribution >= 0.6 is 11.3 Å². The van der Waals surface area contributed by atoms with E-state index in [-0.39, 0.29) is 17.1 Å². The lowest BCUT2D eigenvalue weighted by Gasteiger charge is -2.21. The number of benzene rings is 1. The van der Waals surface area contributed by atoms with E-state index in [0.29, 0.717) is 19.0 Å². The number of nitrogens with one attached hydrogen (secondary N) is 2. The minimum absolute atomic E-state index is 0.0910. The highest BCUT2D eigenvalue weighted by Gasteiger charge is 2.17. The Morgan fingerprint density at radius 3 is 2.75 bits per heavy atom. The van der Waals surface area contributed by atoms with Gasteiger partial charge in [-0.1, -0.05) is 6.07 Å². The minimum atomic E-state index is -3.84. The summed E-state index contributed by atoms with van der Waals surface area (Å²) in [6.45, 7) is 2.90. The molecule has 1 aromatic heterocycles. The molecule has 0 unspecified atom stereocenters. The van der Waals surface area contributed by atoms with Gasteiger partial charge in [-0.15, -0.1) is 11.3 Å². The number of rotatable bonds is 8. The third-order valence-corrected chi connectivity index (χ3v) is 5.96. The van der Waals surface area contributed by atoms with E-state index < -0.39 is 14.9 Å². The van der Waals surface area contributed by atoms with Crippen molar-refractivity contribution in [2.45, 2.75) is 18.4 Å². The lowest BCUT2D eigenvalue weighted by molar-refractivity contribution is -0.385. The van der Waals surface area contributed by atoms with Crippen molar-refractivity contribution in [3.05, 3.63) is 50.5 Å². The van der Waals surface area contributed by atoms with Gasteiger partial charge in [0.2, 0.25) is 10.0 Å². The first kappa shape index (κ1) is 21.7. The Morgan fingerprint density at radius 2 is 2.14 bits per heavy atom. The van der Waals surface area contributed by atoms with E-state index >= 15 is 0 Å². The molecule has 1 heterocycles. The van der Waals surface area contributed by atoms with Gasteiger partial charge in [-0.3, -0.25) is 15.1 Å². The highest BCUT2D eigenvalue weighted by molar-refractivity contribution is 7.89. The van der Waals surface area contributed by atoms with Gasteiger partial charge in [0.1, 0.15) is 0 Å². The number of hydrogen-bond donors (Lipinski definition) is 2. The first-order valence-corrected chi connectivity index (χ1v) is 10.7. The van der Waals surface area contributed by atoms with Crippen molar-refractivity contribution >= 4 is 33.0 Å². The number of sulfonamides is 1. The Kier molecular flexibility index (Phi) is 7.43. The second-order valence-electron chi connectivity index (χ2n) is 5.84. The van der Waals surface area contributed by atoms with Crippen molar-refractivity contribution in [3.8, 4) is 0 Å². The molecule has 0 aliphatic heterocycles. The topological polar surface area (TPSA) is 130 Å². The van der Waals surface area contributed by atoms with Gasteiger partial charge in [0, 0.05) is 44.7 Å². The van der Waals surface area contributed by atoms with Crippen LogP contribution in [0.1, 0.15) is 10.7 Å². The van der Waals surface area contributed by atoms with E-state index in [1.807, 2.05) is 24.3 Å². The Hall–Kier alpha value is -2.57. The molecule has 0 spiro atoms. The largest absolute Gasteiger partial charge is 0.355 e. The fraction of sp³-hybridized carbons (Fsp3) is 0.375. The lowest BCUT2D eigenvalue weighted by Crippen LogP contribution is -2.42. The van der Waals surface area contributed by atoms with Crippen LogP contribution in [0.4, 0.5) is 5.69 Å². The third-order valence-electron chi connectivity index (χ3n) is 3.68. The van der Waals surface area contributed by atoms with Crippen LogP contribution in [0.15, 0.2) is 39.5 Å². The molecule has 2 N–H and O–H groups in total. The average Bonchev–Trinajstić information content (AvgIpc) is 3.06. The molecule has 2 rings (SSSR count). The number of hydrogen-bond acceptors (Lipinski definition) is 7. The third kappa shape index (κ3) is 5.97. The Balaban J connectivity index is 1.87. The van der Waals surface area contributed by atoms with Gasteiger partial charge in [0.15, 0.2) is 5.96 Å². The first-order valence-electron chi connectivity index (χ1n) is 8.30. The maximum Gasteiger partial charge on any atom is 0.270 e. The highest BCUT2D eigenvalue weighted by Crippen LogP contribution is 2.16. The number of aliphatic imine (C=N–C) groups is 1. The van der Waals surface area contributed by atoms with Crippen molar-refractivity contribution in [2.75, 3.05) is 27.2 Å². The summed E-state index contributed by atoms with van der Waals surface area (Å²) < 4.78 is 27.0. The van der Waals surface area contributed by atoms with Crippen molar-refractivity contribution in [3.63, 3.8) is 0 Å². The maximum atomic E-state index is 12.3. The summed E-state index contributed by atoms with van der Waals surface area (Å²) in [5.74, 6) is 0.597. The van der Waals surface area contributed by atoms with Gasteiger partial charge in [-0.25, -0.2) is 18.1 Å². The molecule has 0 fully saturated rings. The molecule has 2 aromatic rings. The van der Waals surface area contributed by atoms with E-state index in [1.165, 1.54) is 18.2 Å². The van der Waals surface area contributed by atoms with Gasteiger partial charge in [0.25, 0.3) is 5.69 Å². The molecule has 0 saturated carbocycles. The molecular weight excluding hydrogens is 404 g/mol.